The summed E-state index contributed by atoms with van der Waals surface area (Å²) >= 11 is 0. The fourth-order valence-corrected chi connectivity index (χ4v) is 2.37. The molecule has 1 aromatic carbocycles. The molecule has 0 saturated carbocycles. The zero-order chi connectivity index (χ0) is 14.1. The Labute approximate surface area is 118 Å². The SMILES string of the molecule is Cc1ncc2c(NCCN(C)C)nc3ccccc3n12. The lowest BCUT2D eigenvalue weighted by Gasteiger charge is -2.13. The average Bonchev–Trinajstić information content (AvgIpc) is 2.81. The number of nitrogens with zero attached hydrogens (tertiary/aromatic N) is 4. The molecule has 3 rings (SSSR count). The number of rotatable bonds is 4. The van der Waals surface area contributed by atoms with Gasteiger partial charge in [0.05, 0.1) is 17.2 Å². The van der Waals surface area contributed by atoms with Gasteiger partial charge in [-0.2, -0.15) is 0 Å². The molecular weight excluding hydrogens is 250 g/mol. The van der Waals surface area contributed by atoms with E-state index in [9.17, 15) is 0 Å². The topological polar surface area (TPSA) is 45.5 Å². The summed E-state index contributed by atoms with van der Waals surface area (Å²) in [6, 6.07) is 8.15. The van der Waals surface area contributed by atoms with Crippen molar-refractivity contribution in [3.8, 4) is 0 Å². The molecule has 0 radical (unpaired) electrons. The van der Waals surface area contributed by atoms with Crippen LogP contribution in [0.1, 0.15) is 5.82 Å². The van der Waals surface area contributed by atoms with Crippen LogP contribution in [0, 0.1) is 6.92 Å². The molecule has 0 bridgehead atoms. The minimum Gasteiger partial charge on any atom is -0.367 e. The number of hydrogen-bond donors (Lipinski definition) is 1. The summed E-state index contributed by atoms with van der Waals surface area (Å²) in [6.45, 7) is 3.84. The van der Waals surface area contributed by atoms with Crippen molar-refractivity contribution in [3.05, 3.63) is 36.3 Å². The number of likely N-dealkylation sites (N-methyl/N-ethyl adjacent to an activating group) is 1. The highest BCUT2D eigenvalue weighted by Gasteiger charge is 2.10. The van der Waals surface area contributed by atoms with E-state index in [4.69, 9.17) is 4.98 Å². The molecule has 104 valence electrons. The second kappa shape index (κ2) is 5.09. The molecule has 0 aliphatic rings. The molecule has 0 spiro atoms. The lowest BCUT2D eigenvalue weighted by molar-refractivity contribution is 0.425. The van der Waals surface area contributed by atoms with E-state index in [-0.39, 0.29) is 0 Å². The van der Waals surface area contributed by atoms with Gasteiger partial charge in [0.2, 0.25) is 0 Å². The van der Waals surface area contributed by atoms with Gasteiger partial charge in [0.1, 0.15) is 11.3 Å². The van der Waals surface area contributed by atoms with E-state index < -0.39 is 0 Å². The maximum atomic E-state index is 4.72. The predicted molar refractivity (Wildman–Crippen MR) is 82.3 cm³/mol. The van der Waals surface area contributed by atoms with Crippen LogP contribution in [0.25, 0.3) is 16.6 Å². The Bertz CT molecular complexity index is 744. The summed E-state index contributed by atoms with van der Waals surface area (Å²) in [4.78, 5) is 11.3. The van der Waals surface area contributed by atoms with Crippen molar-refractivity contribution in [3.63, 3.8) is 0 Å². The molecule has 0 aliphatic heterocycles. The van der Waals surface area contributed by atoms with Crippen molar-refractivity contribution in [2.75, 3.05) is 32.5 Å². The van der Waals surface area contributed by atoms with Crippen molar-refractivity contribution < 1.29 is 0 Å². The van der Waals surface area contributed by atoms with E-state index in [1.165, 1.54) is 0 Å². The van der Waals surface area contributed by atoms with Gasteiger partial charge in [0.25, 0.3) is 0 Å². The number of fused-ring (bicyclic) bond motifs is 3. The first-order chi connectivity index (χ1) is 9.66. The Morgan fingerprint density at radius 2 is 2.00 bits per heavy atom. The molecular formula is C15H19N5. The lowest BCUT2D eigenvalue weighted by atomic mass is 10.3. The molecule has 1 N–H and O–H groups in total. The second-order valence-electron chi connectivity index (χ2n) is 5.21. The van der Waals surface area contributed by atoms with Crippen LogP contribution in [0.4, 0.5) is 5.82 Å². The number of anilines is 1. The van der Waals surface area contributed by atoms with Gasteiger partial charge in [0.15, 0.2) is 5.82 Å². The summed E-state index contributed by atoms with van der Waals surface area (Å²) in [7, 11) is 4.13. The molecule has 0 atom stereocenters. The Kier molecular flexibility index (Phi) is 3.28. The molecule has 0 unspecified atom stereocenters. The Hall–Kier alpha value is -2.14. The highest BCUT2D eigenvalue weighted by Crippen LogP contribution is 2.22. The van der Waals surface area contributed by atoms with Crippen LogP contribution in [-0.2, 0) is 0 Å². The number of aromatic nitrogens is 3. The van der Waals surface area contributed by atoms with Crippen molar-refractivity contribution >= 4 is 22.4 Å². The fraction of sp³-hybridized carbons (Fsp3) is 0.333. The van der Waals surface area contributed by atoms with Gasteiger partial charge < -0.3 is 10.2 Å². The van der Waals surface area contributed by atoms with Gasteiger partial charge in [-0.05, 0) is 33.2 Å². The monoisotopic (exact) mass is 269 g/mol. The largest absolute Gasteiger partial charge is 0.367 e. The smallest absolute Gasteiger partial charge is 0.152 e. The van der Waals surface area contributed by atoms with Crippen molar-refractivity contribution in [1.82, 2.24) is 19.3 Å². The third-order valence-corrected chi connectivity index (χ3v) is 3.39. The first kappa shape index (κ1) is 12.9. The van der Waals surface area contributed by atoms with E-state index in [0.29, 0.717) is 0 Å². The third-order valence-electron chi connectivity index (χ3n) is 3.39. The number of benzene rings is 1. The highest BCUT2D eigenvalue weighted by molar-refractivity contribution is 5.84. The van der Waals surface area contributed by atoms with Crippen LogP contribution in [0.2, 0.25) is 0 Å². The summed E-state index contributed by atoms with van der Waals surface area (Å²) in [5, 5.41) is 3.41. The molecule has 5 nitrogen and oxygen atoms in total. The quantitative estimate of drug-likeness (QED) is 0.788. The van der Waals surface area contributed by atoms with Crippen molar-refractivity contribution in [2.45, 2.75) is 6.92 Å². The van der Waals surface area contributed by atoms with E-state index in [1.54, 1.807) is 0 Å². The lowest BCUT2D eigenvalue weighted by Crippen LogP contribution is -2.21. The maximum absolute atomic E-state index is 4.72. The normalized spacial score (nSPS) is 11.6. The minimum atomic E-state index is 0.859. The number of aryl methyl sites for hydroxylation is 1. The molecule has 2 heterocycles. The van der Waals surface area contributed by atoms with Crippen LogP contribution in [0.5, 0.6) is 0 Å². The molecule has 3 aromatic rings. The summed E-state index contributed by atoms with van der Waals surface area (Å²) < 4.78 is 2.15. The molecule has 5 heteroatoms. The highest BCUT2D eigenvalue weighted by atomic mass is 15.1. The van der Waals surface area contributed by atoms with E-state index in [1.807, 2.05) is 31.3 Å². The fourth-order valence-electron chi connectivity index (χ4n) is 2.37. The Morgan fingerprint density at radius 3 is 2.80 bits per heavy atom. The summed E-state index contributed by atoms with van der Waals surface area (Å²) in [5.74, 6) is 1.88. The molecule has 0 saturated heterocycles. The van der Waals surface area contributed by atoms with Crippen LogP contribution < -0.4 is 5.32 Å². The number of nitrogens with one attached hydrogen (secondary N) is 1. The van der Waals surface area contributed by atoms with Gasteiger partial charge in [-0.15, -0.1) is 0 Å². The first-order valence-electron chi connectivity index (χ1n) is 6.78. The van der Waals surface area contributed by atoms with Crippen molar-refractivity contribution in [2.24, 2.45) is 0 Å². The first-order valence-corrected chi connectivity index (χ1v) is 6.78. The van der Waals surface area contributed by atoms with Crippen LogP contribution in [0.3, 0.4) is 0 Å². The van der Waals surface area contributed by atoms with Gasteiger partial charge in [-0.25, -0.2) is 9.97 Å². The standard InChI is InChI=1S/C15H19N5/c1-11-17-10-14-15(16-8-9-19(2)3)18-12-6-4-5-7-13(12)20(11)14/h4-7,10H,8-9H2,1-3H3,(H,16,18). The third kappa shape index (κ3) is 2.20. The van der Waals surface area contributed by atoms with Gasteiger partial charge in [-0.1, -0.05) is 12.1 Å². The van der Waals surface area contributed by atoms with E-state index in [0.717, 1.165) is 41.3 Å². The Morgan fingerprint density at radius 1 is 1.20 bits per heavy atom. The molecule has 2 aromatic heterocycles. The van der Waals surface area contributed by atoms with Gasteiger partial charge >= 0.3 is 0 Å². The zero-order valence-corrected chi connectivity index (χ0v) is 12.1. The molecule has 0 fully saturated rings. The minimum absolute atomic E-state index is 0.859. The Balaban J connectivity index is 2.10. The van der Waals surface area contributed by atoms with Crippen molar-refractivity contribution in [1.29, 1.82) is 0 Å². The maximum Gasteiger partial charge on any atom is 0.152 e. The van der Waals surface area contributed by atoms with Gasteiger partial charge in [0, 0.05) is 13.1 Å². The van der Waals surface area contributed by atoms with E-state index >= 15 is 0 Å². The van der Waals surface area contributed by atoms with Gasteiger partial charge in [-0.3, -0.25) is 4.40 Å². The average molecular weight is 269 g/mol. The summed E-state index contributed by atoms with van der Waals surface area (Å²) in [5.41, 5.74) is 3.10. The van der Waals surface area contributed by atoms with Crippen LogP contribution in [0.15, 0.2) is 30.5 Å². The molecule has 0 amide bonds. The van der Waals surface area contributed by atoms with Crippen LogP contribution in [-0.4, -0.2) is 46.5 Å². The number of para-hydroxylation sites is 2. The zero-order valence-electron chi connectivity index (χ0n) is 12.1. The summed E-state index contributed by atoms with van der Waals surface area (Å²) in [6.07, 6.45) is 1.88. The van der Waals surface area contributed by atoms with E-state index in [2.05, 4.69) is 39.8 Å². The molecule has 0 aliphatic carbocycles. The number of imidazole rings is 1. The number of hydrogen-bond acceptors (Lipinski definition) is 4. The second-order valence-corrected chi connectivity index (χ2v) is 5.21. The van der Waals surface area contributed by atoms with Crippen LogP contribution >= 0.6 is 0 Å². The predicted octanol–water partition coefficient (Wildman–Crippen LogP) is 2.16. The molecule has 20 heavy (non-hydrogen) atoms.